The van der Waals surface area contributed by atoms with E-state index in [-0.39, 0.29) is 17.1 Å². The molecular formula is C19H15ClN2O4. The topological polar surface area (TPSA) is 78.4 Å². The molecule has 132 valence electrons. The van der Waals surface area contributed by atoms with Crippen molar-refractivity contribution < 1.29 is 14.2 Å². The van der Waals surface area contributed by atoms with Crippen molar-refractivity contribution in [3.8, 4) is 5.75 Å². The fourth-order valence-electron chi connectivity index (χ4n) is 2.34. The highest BCUT2D eigenvalue weighted by Crippen LogP contribution is 2.25. The van der Waals surface area contributed by atoms with Crippen molar-refractivity contribution in [3.63, 3.8) is 0 Å². The molecule has 0 radical (unpaired) electrons. The molecule has 0 amide bonds. The van der Waals surface area contributed by atoms with Gasteiger partial charge in [-0.3, -0.25) is 10.1 Å². The first kappa shape index (κ1) is 17.7. The SMILES string of the molecule is Cc1noc(/C=C\c2ccc(OCc3ccccc3Cl)cc2)c1[N+](=O)[O-]. The number of ether oxygens (including phenoxy) is 1. The van der Waals surface area contributed by atoms with E-state index in [0.29, 0.717) is 17.4 Å². The Kier molecular flexibility index (Phi) is 5.34. The lowest BCUT2D eigenvalue weighted by Gasteiger charge is -2.07. The van der Waals surface area contributed by atoms with Gasteiger partial charge in [0.25, 0.3) is 0 Å². The van der Waals surface area contributed by atoms with Crippen LogP contribution >= 0.6 is 11.6 Å². The molecule has 0 bridgehead atoms. The van der Waals surface area contributed by atoms with E-state index in [9.17, 15) is 10.1 Å². The molecule has 3 rings (SSSR count). The Labute approximate surface area is 154 Å². The van der Waals surface area contributed by atoms with Gasteiger partial charge in [-0.25, -0.2) is 0 Å². The third-order valence-electron chi connectivity index (χ3n) is 3.70. The highest BCUT2D eigenvalue weighted by atomic mass is 35.5. The van der Waals surface area contributed by atoms with Crippen LogP contribution in [0.4, 0.5) is 5.69 Å². The van der Waals surface area contributed by atoms with E-state index in [2.05, 4.69) is 5.16 Å². The van der Waals surface area contributed by atoms with Gasteiger partial charge in [-0.05, 0) is 36.8 Å². The van der Waals surface area contributed by atoms with Gasteiger partial charge in [0, 0.05) is 10.6 Å². The number of hydrogen-bond acceptors (Lipinski definition) is 5. The van der Waals surface area contributed by atoms with Gasteiger partial charge >= 0.3 is 5.69 Å². The summed E-state index contributed by atoms with van der Waals surface area (Å²) in [6, 6.07) is 14.8. The minimum atomic E-state index is -0.503. The predicted octanol–water partition coefficient (Wildman–Crippen LogP) is 5.29. The van der Waals surface area contributed by atoms with Gasteiger partial charge in [-0.1, -0.05) is 53.2 Å². The summed E-state index contributed by atoms with van der Waals surface area (Å²) in [4.78, 5) is 10.5. The van der Waals surface area contributed by atoms with Crippen LogP contribution in [-0.2, 0) is 6.61 Å². The lowest BCUT2D eigenvalue weighted by atomic mass is 10.2. The van der Waals surface area contributed by atoms with Gasteiger partial charge in [-0.15, -0.1) is 0 Å². The first-order valence-corrected chi connectivity index (χ1v) is 8.17. The van der Waals surface area contributed by atoms with Crippen molar-refractivity contribution in [2.24, 2.45) is 0 Å². The van der Waals surface area contributed by atoms with Crippen molar-refractivity contribution in [1.82, 2.24) is 5.16 Å². The van der Waals surface area contributed by atoms with E-state index in [4.69, 9.17) is 20.9 Å². The zero-order chi connectivity index (χ0) is 18.5. The van der Waals surface area contributed by atoms with Crippen LogP contribution in [0.3, 0.4) is 0 Å². The minimum Gasteiger partial charge on any atom is -0.489 e. The smallest absolute Gasteiger partial charge is 0.338 e. The molecule has 0 aliphatic heterocycles. The number of rotatable bonds is 6. The van der Waals surface area contributed by atoms with Crippen LogP contribution in [-0.4, -0.2) is 10.1 Å². The number of aromatic nitrogens is 1. The molecule has 6 nitrogen and oxygen atoms in total. The number of halogens is 1. The van der Waals surface area contributed by atoms with Crippen LogP contribution in [0, 0.1) is 17.0 Å². The Morgan fingerprint density at radius 1 is 1.19 bits per heavy atom. The van der Waals surface area contributed by atoms with Gasteiger partial charge in [0.15, 0.2) is 5.69 Å². The number of benzene rings is 2. The molecule has 0 aliphatic rings. The molecule has 7 heteroatoms. The molecule has 0 saturated carbocycles. The van der Waals surface area contributed by atoms with E-state index in [0.717, 1.165) is 11.1 Å². The third kappa shape index (κ3) is 4.10. The quantitative estimate of drug-likeness (QED) is 0.435. The van der Waals surface area contributed by atoms with Crippen LogP contribution in [0.2, 0.25) is 5.02 Å². The zero-order valence-electron chi connectivity index (χ0n) is 13.9. The van der Waals surface area contributed by atoms with Crippen LogP contribution in [0.25, 0.3) is 12.2 Å². The summed E-state index contributed by atoms with van der Waals surface area (Å²) in [5.41, 5.74) is 1.88. The van der Waals surface area contributed by atoms with E-state index in [1.54, 1.807) is 6.08 Å². The molecule has 2 aromatic carbocycles. The molecule has 0 N–H and O–H groups in total. The maximum absolute atomic E-state index is 11.0. The average Bonchev–Trinajstić information content (AvgIpc) is 3.01. The molecule has 0 saturated heterocycles. The maximum atomic E-state index is 11.0. The molecule has 1 aromatic heterocycles. The first-order valence-electron chi connectivity index (χ1n) is 7.79. The summed E-state index contributed by atoms with van der Waals surface area (Å²) in [6.07, 6.45) is 3.24. The second-order valence-corrected chi connectivity index (χ2v) is 5.93. The fraction of sp³-hybridized carbons (Fsp3) is 0.105. The lowest BCUT2D eigenvalue weighted by molar-refractivity contribution is -0.386. The van der Waals surface area contributed by atoms with E-state index in [1.807, 2.05) is 48.5 Å². The summed E-state index contributed by atoms with van der Waals surface area (Å²) < 4.78 is 10.7. The highest BCUT2D eigenvalue weighted by Gasteiger charge is 2.21. The van der Waals surface area contributed by atoms with Crippen molar-refractivity contribution >= 4 is 29.4 Å². The fourth-order valence-corrected chi connectivity index (χ4v) is 2.53. The van der Waals surface area contributed by atoms with Crippen molar-refractivity contribution in [2.45, 2.75) is 13.5 Å². The number of nitro groups is 1. The Balaban J connectivity index is 1.66. The summed E-state index contributed by atoms with van der Waals surface area (Å²) in [7, 11) is 0. The average molecular weight is 371 g/mol. The van der Waals surface area contributed by atoms with E-state index in [1.165, 1.54) is 13.0 Å². The van der Waals surface area contributed by atoms with Crippen LogP contribution in [0.1, 0.15) is 22.6 Å². The Hall–Kier alpha value is -3.12. The van der Waals surface area contributed by atoms with Gasteiger partial charge in [0.1, 0.15) is 12.4 Å². The number of aryl methyl sites for hydroxylation is 1. The molecule has 0 atom stereocenters. The molecular weight excluding hydrogens is 356 g/mol. The largest absolute Gasteiger partial charge is 0.489 e. The van der Waals surface area contributed by atoms with E-state index < -0.39 is 4.92 Å². The molecule has 1 heterocycles. The normalized spacial score (nSPS) is 11.0. The molecule has 0 fully saturated rings. The second-order valence-electron chi connectivity index (χ2n) is 5.52. The van der Waals surface area contributed by atoms with Gasteiger partial charge < -0.3 is 9.26 Å². The zero-order valence-corrected chi connectivity index (χ0v) is 14.6. The van der Waals surface area contributed by atoms with Gasteiger partial charge in [0.05, 0.1) is 4.92 Å². The molecule has 0 spiro atoms. The summed E-state index contributed by atoms with van der Waals surface area (Å²) in [5.74, 6) is 0.815. The molecule has 0 unspecified atom stereocenters. The first-order chi connectivity index (χ1) is 12.5. The number of nitrogens with zero attached hydrogens (tertiary/aromatic N) is 2. The predicted molar refractivity (Wildman–Crippen MR) is 99.0 cm³/mol. The minimum absolute atomic E-state index is 0.117. The number of hydrogen-bond donors (Lipinski definition) is 0. The molecule has 3 aromatic rings. The van der Waals surface area contributed by atoms with Crippen molar-refractivity contribution in [1.29, 1.82) is 0 Å². The Bertz CT molecular complexity index is 948. The Morgan fingerprint density at radius 2 is 1.92 bits per heavy atom. The van der Waals surface area contributed by atoms with E-state index >= 15 is 0 Å². The summed E-state index contributed by atoms with van der Waals surface area (Å²) in [6.45, 7) is 1.91. The van der Waals surface area contributed by atoms with Crippen LogP contribution < -0.4 is 4.74 Å². The van der Waals surface area contributed by atoms with Crippen molar-refractivity contribution in [2.75, 3.05) is 0 Å². The highest BCUT2D eigenvalue weighted by molar-refractivity contribution is 6.31. The standard InChI is InChI=1S/C19H15ClN2O4/c1-13-19(22(23)24)18(26-21-13)11-8-14-6-9-16(10-7-14)25-12-15-4-2-3-5-17(15)20/h2-11H,12H2,1H3/b11-8-. The Morgan fingerprint density at radius 3 is 2.62 bits per heavy atom. The summed E-state index contributed by atoms with van der Waals surface area (Å²) in [5, 5.41) is 15.3. The van der Waals surface area contributed by atoms with Crippen LogP contribution in [0.15, 0.2) is 53.1 Å². The molecule has 0 aliphatic carbocycles. The second kappa shape index (κ2) is 7.84. The van der Waals surface area contributed by atoms with Gasteiger partial charge in [0.2, 0.25) is 5.76 Å². The van der Waals surface area contributed by atoms with Crippen molar-refractivity contribution in [3.05, 3.63) is 86.2 Å². The lowest BCUT2D eigenvalue weighted by Crippen LogP contribution is -1.95. The van der Waals surface area contributed by atoms with Gasteiger partial charge in [-0.2, -0.15) is 0 Å². The monoisotopic (exact) mass is 370 g/mol. The third-order valence-corrected chi connectivity index (χ3v) is 4.07. The maximum Gasteiger partial charge on any atom is 0.338 e. The summed E-state index contributed by atoms with van der Waals surface area (Å²) >= 11 is 6.10. The van der Waals surface area contributed by atoms with Crippen LogP contribution in [0.5, 0.6) is 5.75 Å². The molecule has 26 heavy (non-hydrogen) atoms.